The van der Waals surface area contributed by atoms with Crippen molar-refractivity contribution in [2.45, 2.75) is 12.1 Å². The molecule has 1 aromatic heterocycles. The quantitative estimate of drug-likeness (QED) is 0.628. The largest absolute Gasteiger partial charge is 0.497 e. The fraction of sp³-hybridized carbons (Fsp3) is 0.167. The monoisotopic (exact) mass is 389 g/mol. The molecule has 0 saturated heterocycles. The van der Waals surface area contributed by atoms with Gasteiger partial charge in [0.1, 0.15) is 5.75 Å². The van der Waals surface area contributed by atoms with Crippen LogP contribution in [0.2, 0.25) is 5.02 Å². The summed E-state index contributed by atoms with van der Waals surface area (Å²) < 4.78 is 10.8. The van der Waals surface area contributed by atoms with Crippen LogP contribution in [-0.2, 0) is 4.79 Å². The lowest BCUT2D eigenvalue weighted by Crippen LogP contribution is -2.14. The van der Waals surface area contributed by atoms with Crippen molar-refractivity contribution >= 4 is 35.0 Å². The van der Waals surface area contributed by atoms with Crippen molar-refractivity contribution in [2.24, 2.45) is 0 Å². The van der Waals surface area contributed by atoms with Crippen LogP contribution in [0.25, 0.3) is 11.5 Å². The van der Waals surface area contributed by atoms with Crippen molar-refractivity contribution in [3.63, 3.8) is 0 Å². The number of anilines is 1. The summed E-state index contributed by atoms with van der Waals surface area (Å²) >= 11 is 7.27. The summed E-state index contributed by atoms with van der Waals surface area (Å²) in [6, 6.07) is 12.8. The maximum absolute atomic E-state index is 12.1. The number of ether oxygens (including phenoxy) is 1. The molecule has 3 rings (SSSR count). The second-order valence-corrected chi connectivity index (χ2v) is 6.76. The summed E-state index contributed by atoms with van der Waals surface area (Å²) in [5.41, 5.74) is 2.35. The van der Waals surface area contributed by atoms with Gasteiger partial charge in [0.15, 0.2) is 0 Å². The van der Waals surface area contributed by atoms with Gasteiger partial charge in [0.05, 0.1) is 23.6 Å². The number of aryl methyl sites for hydroxylation is 1. The molecular formula is C18H16ClN3O3S. The molecule has 0 bridgehead atoms. The van der Waals surface area contributed by atoms with Gasteiger partial charge in [-0.3, -0.25) is 4.79 Å². The van der Waals surface area contributed by atoms with Gasteiger partial charge in [-0.2, -0.15) is 0 Å². The third-order valence-electron chi connectivity index (χ3n) is 3.45. The van der Waals surface area contributed by atoms with Crippen LogP contribution in [0.3, 0.4) is 0 Å². The molecular weight excluding hydrogens is 374 g/mol. The van der Waals surface area contributed by atoms with E-state index in [1.807, 2.05) is 31.2 Å². The van der Waals surface area contributed by atoms with E-state index in [0.29, 0.717) is 27.6 Å². The minimum atomic E-state index is -0.207. The fourth-order valence-corrected chi connectivity index (χ4v) is 3.02. The zero-order valence-electron chi connectivity index (χ0n) is 14.2. The molecule has 134 valence electrons. The maximum Gasteiger partial charge on any atom is 0.277 e. The lowest BCUT2D eigenvalue weighted by atomic mass is 10.2. The number of hydrogen-bond donors (Lipinski definition) is 1. The second-order valence-electron chi connectivity index (χ2n) is 5.43. The number of carbonyl (C=O) groups is 1. The third kappa shape index (κ3) is 4.56. The summed E-state index contributed by atoms with van der Waals surface area (Å²) in [6.07, 6.45) is 0. The number of carbonyl (C=O) groups excluding carboxylic acids is 1. The van der Waals surface area contributed by atoms with Gasteiger partial charge in [0.2, 0.25) is 11.8 Å². The summed E-state index contributed by atoms with van der Waals surface area (Å²) in [5, 5.41) is 11.5. The van der Waals surface area contributed by atoms with Crippen molar-refractivity contribution in [1.82, 2.24) is 10.2 Å². The van der Waals surface area contributed by atoms with E-state index < -0.39 is 0 Å². The van der Waals surface area contributed by atoms with Crippen molar-refractivity contribution in [1.29, 1.82) is 0 Å². The molecule has 6 nitrogen and oxygen atoms in total. The molecule has 0 atom stereocenters. The maximum atomic E-state index is 12.1. The zero-order valence-corrected chi connectivity index (χ0v) is 15.7. The highest BCUT2D eigenvalue weighted by atomic mass is 35.5. The minimum absolute atomic E-state index is 0.129. The number of benzene rings is 2. The molecule has 1 amide bonds. The Morgan fingerprint density at radius 3 is 2.88 bits per heavy atom. The van der Waals surface area contributed by atoms with E-state index in [4.69, 9.17) is 20.8 Å². The summed E-state index contributed by atoms with van der Waals surface area (Å²) in [7, 11) is 1.59. The number of aromatic nitrogens is 2. The molecule has 0 saturated carbocycles. The van der Waals surface area contributed by atoms with E-state index in [1.54, 1.807) is 25.3 Å². The molecule has 8 heteroatoms. The molecule has 0 aliphatic carbocycles. The third-order valence-corrected chi connectivity index (χ3v) is 4.58. The van der Waals surface area contributed by atoms with E-state index in [1.165, 1.54) is 0 Å². The molecule has 1 N–H and O–H groups in total. The number of nitrogens with one attached hydrogen (secondary N) is 1. The molecule has 0 radical (unpaired) electrons. The van der Waals surface area contributed by atoms with Crippen molar-refractivity contribution in [2.75, 3.05) is 18.2 Å². The second kappa shape index (κ2) is 8.25. The number of methoxy groups -OCH3 is 1. The highest BCUT2D eigenvalue weighted by Gasteiger charge is 2.12. The topological polar surface area (TPSA) is 77.2 Å². The molecule has 0 aliphatic rings. The van der Waals surface area contributed by atoms with Gasteiger partial charge in [-0.15, -0.1) is 10.2 Å². The van der Waals surface area contributed by atoms with Crippen molar-refractivity contribution < 1.29 is 13.9 Å². The first-order chi connectivity index (χ1) is 12.5. The van der Waals surface area contributed by atoms with Crippen molar-refractivity contribution in [3.8, 4) is 17.2 Å². The molecule has 2 aromatic carbocycles. The van der Waals surface area contributed by atoms with Crippen LogP contribution in [0.5, 0.6) is 5.75 Å². The highest BCUT2D eigenvalue weighted by molar-refractivity contribution is 7.99. The fourth-order valence-electron chi connectivity index (χ4n) is 2.18. The summed E-state index contributed by atoms with van der Waals surface area (Å²) in [5.74, 6) is 0.990. The number of halogens is 1. The number of nitrogens with zero attached hydrogens (tertiary/aromatic N) is 2. The molecule has 0 unspecified atom stereocenters. The number of amides is 1. The Kier molecular flexibility index (Phi) is 5.80. The lowest BCUT2D eigenvalue weighted by molar-refractivity contribution is -0.113. The first kappa shape index (κ1) is 18.3. The Morgan fingerprint density at radius 2 is 2.12 bits per heavy atom. The predicted octanol–water partition coefficient (Wildman–Crippen LogP) is 4.44. The Morgan fingerprint density at radius 1 is 1.27 bits per heavy atom. The van der Waals surface area contributed by atoms with Gasteiger partial charge in [0.25, 0.3) is 5.22 Å². The Hall–Kier alpha value is -2.51. The van der Waals surface area contributed by atoms with Gasteiger partial charge in [-0.05, 0) is 42.8 Å². The van der Waals surface area contributed by atoms with Crippen molar-refractivity contribution in [3.05, 3.63) is 53.1 Å². The van der Waals surface area contributed by atoms with Gasteiger partial charge >= 0.3 is 0 Å². The van der Waals surface area contributed by atoms with Crippen LogP contribution in [0.1, 0.15) is 5.56 Å². The van der Waals surface area contributed by atoms with E-state index in [2.05, 4.69) is 15.5 Å². The standard InChI is InChI=1S/C18H16ClN3O3S/c1-11-6-7-15(14(19)8-11)20-16(23)10-26-18-22-21-17(25-18)12-4-3-5-13(9-12)24-2/h3-9H,10H2,1-2H3,(H,20,23). The number of thioether (sulfide) groups is 1. The smallest absolute Gasteiger partial charge is 0.277 e. The Labute approximate surface area is 159 Å². The average molecular weight is 390 g/mol. The molecule has 3 aromatic rings. The van der Waals surface area contributed by atoms with E-state index in [0.717, 1.165) is 22.9 Å². The first-order valence-corrected chi connectivity index (χ1v) is 9.08. The van der Waals surface area contributed by atoms with Gasteiger partial charge in [0, 0.05) is 5.56 Å². The van der Waals surface area contributed by atoms with Crippen LogP contribution >= 0.6 is 23.4 Å². The number of rotatable bonds is 6. The average Bonchev–Trinajstić information content (AvgIpc) is 3.11. The van der Waals surface area contributed by atoms with E-state index >= 15 is 0 Å². The van der Waals surface area contributed by atoms with E-state index in [9.17, 15) is 4.79 Å². The molecule has 0 spiro atoms. The van der Waals surface area contributed by atoms with Gasteiger partial charge in [-0.1, -0.05) is 35.5 Å². The SMILES string of the molecule is COc1cccc(-c2nnc(SCC(=O)Nc3ccc(C)cc3Cl)o2)c1. The van der Waals surface area contributed by atoms with Crippen LogP contribution in [0, 0.1) is 6.92 Å². The summed E-state index contributed by atoms with van der Waals surface area (Å²) in [4.78, 5) is 12.1. The Balaban J connectivity index is 1.60. The predicted molar refractivity (Wildman–Crippen MR) is 102 cm³/mol. The number of hydrogen-bond acceptors (Lipinski definition) is 6. The Bertz CT molecular complexity index is 930. The summed E-state index contributed by atoms with van der Waals surface area (Å²) in [6.45, 7) is 1.93. The highest BCUT2D eigenvalue weighted by Crippen LogP contribution is 2.26. The normalized spacial score (nSPS) is 10.6. The van der Waals surface area contributed by atoms with Gasteiger partial charge < -0.3 is 14.5 Å². The van der Waals surface area contributed by atoms with E-state index in [-0.39, 0.29) is 11.7 Å². The minimum Gasteiger partial charge on any atom is -0.497 e. The molecule has 26 heavy (non-hydrogen) atoms. The lowest BCUT2D eigenvalue weighted by Gasteiger charge is -2.06. The first-order valence-electron chi connectivity index (χ1n) is 7.72. The van der Waals surface area contributed by atoms with Crippen LogP contribution in [0.4, 0.5) is 5.69 Å². The zero-order chi connectivity index (χ0) is 18.5. The van der Waals surface area contributed by atoms with Crippen LogP contribution in [0.15, 0.2) is 52.1 Å². The molecule has 0 aliphatic heterocycles. The van der Waals surface area contributed by atoms with Crippen LogP contribution < -0.4 is 10.1 Å². The molecule has 0 fully saturated rings. The van der Waals surface area contributed by atoms with Gasteiger partial charge in [-0.25, -0.2) is 0 Å². The van der Waals surface area contributed by atoms with Crippen LogP contribution in [-0.4, -0.2) is 29.0 Å². The molecule has 1 heterocycles.